The van der Waals surface area contributed by atoms with Gasteiger partial charge < -0.3 is 13.3 Å². The number of furan rings is 3. The van der Waals surface area contributed by atoms with Crippen molar-refractivity contribution in [1.29, 1.82) is 0 Å². The molecule has 0 aliphatic rings. The Hall–Kier alpha value is -10.6. The minimum Gasteiger partial charge on any atom is -0.456 e. The first-order valence-corrected chi connectivity index (χ1v) is 36.4. The van der Waals surface area contributed by atoms with Crippen LogP contribution in [-0.4, -0.2) is 0 Å². The molecular weight excluding hydrogens is 1270 g/mol. The van der Waals surface area contributed by atoms with Gasteiger partial charge in [0.2, 0.25) is 0 Å². The summed E-state index contributed by atoms with van der Waals surface area (Å²) < 4.78 is 28.4. The first kappa shape index (κ1) is 63.4. The van der Waals surface area contributed by atoms with Crippen LogP contribution in [0.3, 0.4) is 0 Å². The van der Waals surface area contributed by atoms with Gasteiger partial charge in [0.05, 0.1) is 0 Å². The molecule has 0 atom stereocenters. The number of hydrogen-bond acceptors (Lipinski definition) is 7. The molecule has 21 aromatic rings. The predicted octanol–water partition coefficient (Wildman–Crippen LogP) is 29.1. The molecule has 7 aromatic heterocycles. The van der Waals surface area contributed by atoms with E-state index in [0.29, 0.717) is 0 Å². The molecule has 0 saturated carbocycles. The summed E-state index contributed by atoms with van der Waals surface area (Å²) in [4.78, 5) is 0. The van der Waals surface area contributed by atoms with Crippen LogP contribution in [0.25, 0.3) is 147 Å². The van der Waals surface area contributed by atoms with E-state index in [2.05, 4.69) is 273 Å². The standard InChI is InChI=1S/3C13H10O.4C13H10S/c1-9-5-4-7-11-10-6-2-3-8-12(10)14-13(9)11;1-9-5-4-8-12-13(9)10-6-2-3-7-11(10)14-12;1-9-6-7-13-11(8-9)10-4-2-3-5-12(10)14-13;1-9-5-4-7-11-10-6-2-3-8-12(10)14-13(9)11;1-9-5-4-8-12-13(9)10-6-2-3-7-11(10)14-12;1-9-6-7-13-11(8-9)10-4-2-3-5-12(10)14-13;1-9-6-7-11-10-4-2-3-5-12(10)14-13(11)8-9/h7*2-8H,1H3. The number of hydrogen-bond donors (Lipinski definition) is 0. The average Bonchev–Trinajstić information content (AvgIpc) is 1.86. The van der Waals surface area contributed by atoms with E-state index < -0.39 is 0 Å². The van der Waals surface area contributed by atoms with Gasteiger partial charge in [0.1, 0.15) is 33.5 Å². The van der Waals surface area contributed by atoms with Gasteiger partial charge in [0.25, 0.3) is 0 Å². The molecule has 0 radical (unpaired) electrons. The molecule has 0 saturated heterocycles. The van der Waals surface area contributed by atoms with Gasteiger partial charge in [-0.1, -0.05) is 223 Å². The van der Waals surface area contributed by atoms with Gasteiger partial charge in [-0.05, 0) is 161 Å². The molecule has 98 heavy (non-hydrogen) atoms. The van der Waals surface area contributed by atoms with Crippen molar-refractivity contribution in [2.24, 2.45) is 0 Å². The van der Waals surface area contributed by atoms with Gasteiger partial charge in [-0.3, -0.25) is 0 Å². The summed E-state index contributed by atoms with van der Waals surface area (Å²) in [7, 11) is 0. The molecule has 0 aliphatic heterocycles. The Morgan fingerprint density at radius 2 is 0.571 bits per heavy atom. The minimum atomic E-state index is 0.966. The van der Waals surface area contributed by atoms with E-state index >= 15 is 0 Å². The van der Waals surface area contributed by atoms with Crippen molar-refractivity contribution < 1.29 is 13.3 Å². The number of para-hydroxylation sites is 4. The second-order valence-corrected chi connectivity index (χ2v) is 29.3. The molecule has 476 valence electrons. The summed E-state index contributed by atoms with van der Waals surface area (Å²) in [5.74, 6) is 0. The zero-order chi connectivity index (χ0) is 66.8. The van der Waals surface area contributed by atoms with Crippen LogP contribution in [-0.2, 0) is 0 Å². The maximum Gasteiger partial charge on any atom is 0.138 e. The van der Waals surface area contributed by atoms with Gasteiger partial charge in [0, 0.05) is 113 Å². The molecule has 0 bridgehead atoms. The fourth-order valence-electron chi connectivity index (χ4n) is 13.2. The molecule has 0 fully saturated rings. The van der Waals surface area contributed by atoms with E-state index in [-0.39, 0.29) is 0 Å². The third-order valence-electron chi connectivity index (χ3n) is 18.0. The van der Waals surface area contributed by atoms with Crippen LogP contribution < -0.4 is 0 Å². The summed E-state index contributed by atoms with van der Waals surface area (Å²) in [5.41, 5.74) is 15.0. The predicted molar refractivity (Wildman–Crippen MR) is 432 cm³/mol. The summed E-state index contributed by atoms with van der Waals surface area (Å²) in [6.45, 7) is 14.9. The van der Waals surface area contributed by atoms with Crippen molar-refractivity contribution in [3.05, 3.63) is 336 Å². The lowest BCUT2D eigenvalue weighted by molar-refractivity contribution is 0.665. The summed E-state index contributed by atoms with van der Waals surface area (Å²) in [5, 5.41) is 18.4. The number of fused-ring (bicyclic) bond motifs is 21. The van der Waals surface area contributed by atoms with Gasteiger partial charge in [0.15, 0.2) is 0 Å². The van der Waals surface area contributed by atoms with Gasteiger partial charge >= 0.3 is 0 Å². The van der Waals surface area contributed by atoms with Crippen LogP contribution in [0.2, 0.25) is 0 Å². The summed E-state index contributed by atoms with van der Waals surface area (Å²) >= 11 is 7.51. The highest BCUT2D eigenvalue weighted by atomic mass is 32.1. The highest BCUT2D eigenvalue weighted by Crippen LogP contribution is 2.39. The lowest BCUT2D eigenvalue weighted by atomic mass is 10.1. The molecular formula is C91H70O3S4. The van der Waals surface area contributed by atoms with E-state index in [1.807, 2.05) is 118 Å². The van der Waals surface area contributed by atoms with Crippen LogP contribution in [0.1, 0.15) is 38.9 Å². The van der Waals surface area contributed by atoms with Gasteiger partial charge in [-0.25, -0.2) is 0 Å². The Labute approximate surface area is 585 Å². The SMILES string of the molecule is Cc1ccc2c(c1)sc1ccccc12.Cc1ccc2oc3ccccc3c2c1.Cc1ccc2sc3ccccc3c2c1.Cc1cccc2c1oc1ccccc12.Cc1cccc2c1sc1ccccc12.Cc1cccc2oc3ccccc3c12.Cc1cccc2sc3ccccc3c12. The second-order valence-electron chi connectivity index (χ2n) is 25.0. The van der Waals surface area contributed by atoms with Crippen molar-refractivity contribution in [1.82, 2.24) is 0 Å². The van der Waals surface area contributed by atoms with Crippen LogP contribution >= 0.6 is 45.3 Å². The van der Waals surface area contributed by atoms with Crippen molar-refractivity contribution in [2.45, 2.75) is 48.5 Å². The molecule has 7 heterocycles. The lowest BCUT2D eigenvalue weighted by Gasteiger charge is -1.95. The largest absolute Gasteiger partial charge is 0.456 e. The maximum absolute atomic E-state index is 5.78. The Balaban J connectivity index is 0.0000000933. The van der Waals surface area contributed by atoms with Crippen molar-refractivity contribution in [2.75, 3.05) is 0 Å². The highest BCUT2D eigenvalue weighted by Gasteiger charge is 2.12. The zero-order valence-electron chi connectivity index (χ0n) is 55.6. The van der Waals surface area contributed by atoms with Crippen molar-refractivity contribution in [3.8, 4) is 0 Å². The van der Waals surface area contributed by atoms with E-state index in [1.165, 1.54) is 152 Å². The first-order valence-electron chi connectivity index (χ1n) is 33.1. The fourth-order valence-corrected chi connectivity index (χ4v) is 17.8. The Morgan fingerprint density at radius 1 is 0.194 bits per heavy atom. The number of thiophene rings is 4. The highest BCUT2D eigenvalue weighted by molar-refractivity contribution is 7.27. The first-order chi connectivity index (χ1) is 48.0. The van der Waals surface area contributed by atoms with Crippen LogP contribution in [0.4, 0.5) is 0 Å². The lowest BCUT2D eigenvalue weighted by Crippen LogP contribution is -1.72. The number of benzene rings is 14. The smallest absolute Gasteiger partial charge is 0.138 e. The minimum absolute atomic E-state index is 0.966. The average molecular weight is 1340 g/mol. The third kappa shape index (κ3) is 12.9. The molecule has 0 amide bonds. The van der Waals surface area contributed by atoms with Gasteiger partial charge in [-0.15, -0.1) is 45.3 Å². The summed E-state index contributed by atoms with van der Waals surface area (Å²) in [6.07, 6.45) is 0. The molecule has 0 spiro atoms. The Bertz CT molecular complexity index is 6050. The molecule has 0 N–H and O–H groups in total. The third-order valence-corrected chi connectivity index (χ3v) is 22.8. The zero-order valence-corrected chi connectivity index (χ0v) is 58.9. The number of aryl methyl sites for hydroxylation is 7. The monoisotopic (exact) mass is 1340 g/mol. The Kier molecular flexibility index (Phi) is 18.0. The number of rotatable bonds is 0. The fraction of sp³-hybridized carbons (Fsp3) is 0.0769. The molecule has 21 rings (SSSR count). The maximum atomic E-state index is 5.78. The molecule has 14 aromatic carbocycles. The van der Waals surface area contributed by atoms with E-state index in [4.69, 9.17) is 13.3 Å². The topological polar surface area (TPSA) is 39.4 Å². The second kappa shape index (κ2) is 27.8. The van der Waals surface area contributed by atoms with Crippen LogP contribution in [0.15, 0.2) is 311 Å². The molecule has 3 nitrogen and oxygen atoms in total. The van der Waals surface area contributed by atoms with E-state index in [9.17, 15) is 0 Å². The normalized spacial score (nSPS) is 11.2. The van der Waals surface area contributed by atoms with Crippen LogP contribution in [0.5, 0.6) is 0 Å². The van der Waals surface area contributed by atoms with Crippen molar-refractivity contribution in [3.63, 3.8) is 0 Å². The van der Waals surface area contributed by atoms with Crippen LogP contribution in [0, 0.1) is 48.5 Å². The summed E-state index contributed by atoms with van der Waals surface area (Å²) in [6, 6.07) is 104. The molecule has 0 aliphatic carbocycles. The van der Waals surface area contributed by atoms with Gasteiger partial charge in [-0.2, -0.15) is 0 Å². The quantitative estimate of drug-likeness (QED) is 0.152. The Morgan fingerprint density at radius 3 is 1.27 bits per heavy atom. The van der Waals surface area contributed by atoms with Crippen molar-refractivity contribution >= 4 is 192 Å². The van der Waals surface area contributed by atoms with E-state index in [1.54, 1.807) is 0 Å². The van der Waals surface area contributed by atoms with E-state index in [0.717, 1.165) is 33.5 Å². The molecule has 0 unspecified atom stereocenters. The molecule has 7 heteroatoms.